The predicted molar refractivity (Wildman–Crippen MR) is 98.2 cm³/mol. The molecule has 0 amide bonds. The molecule has 2 bridgehead atoms. The van der Waals surface area contributed by atoms with Gasteiger partial charge >= 0.3 is 0 Å². The summed E-state index contributed by atoms with van der Waals surface area (Å²) < 4.78 is 0. The third kappa shape index (κ3) is 1.68. The van der Waals surface area contributed by atoms with Crippen molar-refractivity contribution in [3.8, 4) is 5.75 Å². The molecule has 5 atom stereocenters. The van der Waals surface area contributed by atoms with Gasteiger partial charge in [0.2, 0.25) is 0 Å². The first-order chi connectivity index (χ1) is 12.5. The fraction of sp³-hybridized carbons (Fsp3) is 0.727. The summed E-state index contributed by atoms with van der Waals surface area (Å²) in [7, 11) is 0. The van der Waals surface area contributed by atoms with E-state index in [0.717, 1.165) is 37.4 Å². The van der Waals surface area contributed by atoms with Crippen molar-refractivity contribution in [1.29, 1.82) is 0 Å². The Bertz CT molecular complexity index is 775. The standard InChI is InChI=1S/C22H29NO3/c24-17-5-4-14-10-19-22(26)7-6-18(25)16-11-15(17)20(14)21(16,22)8-9-23(19)12-13-2-1-3-13/h4-5,13,16,18-19,24-26H,1-3,6-12H2/t16-,18-,19+,21+,22+/m0/s1. The number of aliphatic hydroxyl groups excluding tert-OH is 1. The summed E-state index contributed by atoms with van der Waals surface area (Å²) in [6.45, 7) is 2.14. The summed E-state index contributed by atoms with van der Waals surface area (Å²) in [5.41, 5.74) is 2.42. The zero-order valence-electron chi connectivity index (χ0n) is 15.3. The van der Waals surface area contributed by atoms with Crippen LogP contribution in [0.25, 0.3) is 0 Å². The molecule has 0 radical (unpaired) electrons. The second-order valence-electron chi connectivity index (χ2n) is 9.67. The normalized spacial score (nSPS) is 43.8. The molecule has 3 fully saturated rings. The van der Waals surface area contributed by atoms with E-state index in [1.807, 2.05) is 6.07 Å². The van der Waals surface area contributed by atoms with Crippen molar-refractivity contribution in [1.82, 2.24) is 4.90 Å². The van der Waals surface area contributed by atoms with E-state index in [2.05, 4.69) is 11.0 Å². The number of phenols is 1. The number of likely N-dealkylation sites (tertiary alicyclic amines) is 1. The van der Waals surface area contributed by atoms with Gasteiger partial charge in [0.1, 0.15) is 5.75 Å². The van der Waals surface area contributed by atoms with Crippen LogP contribution in [0.15, 0.2) is 12.1 Å². The maximum Gasteiger partial charge on any atom is 0.119 e. The van der Waals surface area contributed by atoms with Gasteiger partial charge in [-0.1, -0.05) is 12.5 Å². The van der Waals surface area contributed by atoms with Crippen LogP contribution < -0.4 is 0 Å². The second kappa shape index (κ2) is 5.03. The Morgan fingerprint density at radius 3 is 2.73 bits per heavy atom. The van der Waals surface area contributed by atoms with Crippen LogP contribution in [-0.4, -0.2) is 51.1 Å². The number of aromatic hydroxyl groups is 1. The lowest BCUT2D eigenvalue weighted by Gasteiger charge is -2.65. The molecule has 1 spiro atoms. The molecule has 4 aliphatic carbocycles. The molecule has 5 aliphatic rings. The van der Waals surface area contributed by atoms with Crippen molar-refractivity contribution in [2.75, 3.05) is 13.1 Å². The number of benzene rings is 1. The Morgan fingerprint density at radius 2 is 1.96 bits per heavy atom. The molecular formula is C22H29NO3. The number of piperidine rings is 1. The van der Waals surface area contributed by atoms with E-state index in [0.29, 0.717) is 25.0 Å². The fourth-order valence-corrected chi connectivity index (χ4v) is 7.49. The highest BCUT2D eigenvalue weighted by Gasteiger charge is 2.70. The largest absolute Gasteiger partial charge is 0.508 e. The van der Waals surface area contributed by atoms with Gasteiger partial charge in [0.05, 0.1) is 11.7 Å². The Morgan fingerprint density at radius 1 is 1.12 bits per heavy atom. The first-order valence-corrected chi connectivity index (χ1v) is 10.5. The van der Waals surface area contributed by atoms with Crippen molar-refractivity contribution in [2.24, 2.45) is 11.8 Å². The van der Waals surface area contributed by atoms with Gasteiger partial charge < -0.3 is 15.3 Å². The maximum absolute atomic E-state index is 12.2. The van der Waals surface area contributed by atoms with E-state index in [1.54, 1.807) is 0 Å². The Kier molecular flexibility index (Phi) is 3.08. The van der Waals surface area contributed by atoms with E-state index in [-0.39, 0.29) is 23.5 Å². The summed E-state index contributed by atoms with van der Waals surface area (Å²) in [5, 5.41) is 33.5. The molecule has 26 heavy (non-hydrogen) atoms. The van der Waals surface area contributed by atoms with Gasteiger partial charge in [-0.2, -0.15) is 0 Å². The van der Waals surface area contributed by atoms with Gasteiger partial charge in [-0.05, 0) is 80.2 Å². The lowest BCUT2D eigenvalue weighted by Crippen LogP contribution is -2.75. The fourth-order valence-electron chi connectivity index (χ4n) is 7.49. The zero-order chi connectivity index (χ0) is 17.7. The number of phenolic OH excluding ortho intramolecular Hbond substituents is 1. The number of nitrogens with zero attached hydrogens (tertiary/aromatic N) is 1. The van der Waals surface area contributed by atoms with Crippen LogP contribution in [0.4, 0.5) is 0 Å². The molecule has 140 valence electrons. The van der Waals surface area contributed by atoms with Crippen LogP contribution in [0.1, 0.15) is 55.2 Å². The van der Waals surface area contributed by atoms with Gasteiger partial charge in [0.15, 0.2) is 0 Å². The van der Waals surface area contributed by atoms with Crippen molar-refractivity contribution in [2.45, 2.75) is 74.5 Å². The number of hydrogen-bond donors (Lipinski definition) is 3. The molecule has 1 heterocycles. The van der Waals surface area contributed by atoms with Crippen LogP contribution in [0.2, 0.25) is 0 Å². The lowest BCUT2D eigenvalue weighted by atomic mass is 9.47. The van der Waals surface area contributed by atoms with Crippen LogP contribution >= 0.6 is 0 Å². The molecule has 1 saturated heterocycles. The van der Waals surface area contributed by atoms with Crippen molar-refractivity contribution < 1.29 is 15.3 Å². The monoisotopic (exact) mass is 355 g/mol. The molecule has 4 nitrogen and oxygen atoms in total. The Labute approximate surface area is 154 Å². The van der Waals surface area contributed by atoms with E-state index >= 15 is 0 Å². The third-order valence-electron chi connectivity index (χ3n) is 8.85. The van der Waals surface area contributed by atoms with Gasteiger partial charge in [0, 0.05) is 23.9 Å². The SMILES string of the molecule is Oc1ccc2c3c1C[C@H]1[C@@H](O)CC[C@@]4(O)[C@@H](C2)N(CC2CCC2)CC[C@]314. The van der Waals surface area contributed by atoms with Gasteiger partial charge in [0.25, 0.3) is 0 Å². The van der Waals surface area contributed by atoms with Crippen molar-refractivity contribution in [3.63, 3.8) is 0 Å². The van der Waals surface area contributed by atoms with Crippen LogP contribution in [0.5, 0.6) is 5.75 Å². The molecule has 0 unspecified atom stereocenters. The quantitative estimate of drug-likeness (QED) is 0.760. The molecule has 0 aromatic heterocycles. The summed E-state index contributed by atoms with van der Waals surface area (Å²) in [6.07, 6.45) is 7.54. The zero-order valence-corrected chi connectivity index (χ0v) is 15.3. The molecule has 4 heteroatoms. The average Bonchev–Trinajstić information content (AvgIpc) is 2.93. The summed E-state index contributed by atoms with van der Waals surface area (Å²) in [5.74, 6) is 1.22. The molecule has 1 aromatic rings. The highest BCUT2D eigenvalue weighted by Crippen LogP contribution is 2.65. The topological polar surface area (TPSA) is 63.9 Å². The molecule has 2 saturated carbocycles. The van der Waals surface area contributed by atoms with E-state index in [9.17, 15) is 15.3 Å². The number of hydrogen-bond acceptors (Lipinski definition) is 4. The van der Waals surface area contributed by atoms with E-state index in [4.69, 9.17) is 0 Å². The third-order valence-corrected chi connectivity index (χ3v) is 8.85. The first kappa shape index (κ1) is 15.9. The molecule has 1 aromatic carbocycles. The smallest absolute Gasteiger partial charge is 0.119 e. The predicted octanol–water partition coefficient (Wildman–Crippen LogP) is 2.12. The Hall–Kier alpha value is -1.10. The molecule has 3 N–H and O–H groups in total. The minimum Gasteiger partial charge on any atom is -0.508 e. The average molecular weight is 355 g/mol. The van der Waals surface area contributed by atoms with Gasteiger partial charge in [-0.3, -0.25) is 4.90 Å². The highest BCUT2D eigenvalue weighted by molar-refractivity contribution is 5.58. The van der Waals surface area contributed by atoms with E-state index < -0.39 is 5.60 Å². The molecule has 1 aliphatic heterocycles. The summed E-state index contributed by atoms with van der Waals surface area (Å²) >= 11 is 0. The summed E-state index contributed by atoms with van der Waals surface area (Å²) in [4.78, 5) is 2.58. The summed E-state index contributed by atoms with van der Waals surface area (Å²) in [6, 6.07) is 4.08. The second-order valence-corrected chi connectivity index (χ2v) is 9.67. The van der Waals surface area contributed by atoms with Crippen LogP contribution in [0.3, 0.4) is 0 Å². The lowest BCUT2D eigenvalue weighted by molar-refractivity contribution is -0.203. The van der Waals surface area contributed by atoms with E-state index in [1.165, 1.54) is 30.4 Å². The minimum absolute atomic E-state index is 0.0527. The van der Waals surface area contributed by atoms with Crippen molar-refractivity contribution >= 4 is 0 Å². The maximum atomic E-state index is 12.2. The number of rotatable bonds is 2. The number of aliphatic hydroxyl groups is 2. The Balaban J connectivity index is 1.52. The highest BCUT2D eigenvalue weighted by atomic mass is 16.3. The van der Waals surface area contributed by atoms with Crippen LogP contribution in [0, 0.1) is 11.8 Å². The van der Waals surface area contributed by atoms with Gasteiger partial charge in [-0.15, -0.1) is 0 Å². The molecule has 6 rings (SSSR count). The van der Waals surface area contributed by atoms with Crippen LogP contribution in [-0.2, 0) is 18.3 Å². The minimum atomic E-state index is -0.759. The molecular weight excluding hydrogens is 326 g/mol. The first-order valence-electron chi connectivity index (χ1n) is 10.5. The van der Waals surface area contributed by atoms with Gasteiger partial charge in [-0.25, -0.2) is 0 Å². The van der Waals surface area contributed by atoms with Crippen molar-refractivity contribution in [3.05, 3.63) is 28.8 Å².